The van der Waals surface area contributed by atoms with Gasteiger partial charge in [0.1, 0.15) is 0 Å². The largest absolute Gasteiger partial charge is 0.454 e. The molecule has 154 valence electrons. The molecule has 4 rings (SSSR count). The van der Waals surface area contributed by atoms with Gasteiger partial charge in [-0.15, -0.1) is 0 Å². The van der Waals surface area contributed by atoms with Gasteiger partial charge in [-0.05, 0) is 42.3 Å². The van der Waals surface area contributed by atoms with Crippen molar-refractivity contribution in [1.29, 1.82) is 0 Å². The predicted molar refractivity (Wildman–Crippen MR) is 104 cm³/mol. The first-order valence-corrected chi connectivity index (χ1v) is 10.8. The highest BCUT2D eigenvalue weighted by molar-refractivity contribution is 7.89. The average molecular weight is 418 g/mol. The van der Waals surface area contributed by atoms with E-state index in [0.29, 0.717) is 43.4 Å². The van der Waals surface area contributed by atoms with Crippen LogP contribution in [0.4, 0.5) is 0 Å². The van der Waals surface area contributed by atoms with Gasteiger partial charge < -0.3 is 19.1 Å². The van der Waals surface area contributed by atoms with Gasteiger partial charge in [0.15, 0.2) is 11.5 Å². The lowest BCUT2D eigenvalue weighted by atomic mass is 10.1. The SMILES string of the molecule is Cc1ccc(S(=O)(=O)NCc2ccc3c(c2)OCO3)cc1C(=O)N1CCOCC1. The zero-order valence-electron chi connectivity index (χ0n) is 16.0. The number of benzene rings is 2. The molecule has 8 nitrogen and oxygen atoms in total. The molecule has 0 spiro atoms. The van der Waals surface area contributed by atoms with Gasteiger partial charge in [-0.25, -0.2) is 13.1 Å². The summed E-state index contributed by atoms with van der Waals surface area (Å²) in [5.41, 5.74) is 1.86. The van der Waals surface area contributed by atoms with Crippen LogP contribution in [-0.2, 0) is 21.3 Å². The lowest BCUT2D eigenvalue weighted by Crippen LogP contribution is -2.41. The first-order chi connectivity index (χ1) is 13.9. The van der Waals surface area contributed by atoms with Crippen LogP contribution in [0.5, 0.6) is 11.5 Å². The Hall–Kier alpha value is -2.62. The lowest BCUT2D eigenvalue weighted by molar-refractivity contribution is 0.0302. The molecule has 0 unspecified atom stereocenters. The molecule has 0 saturated carbocycles. The minimum atomic E-state index is -3.79. The molecule has 1 N–H and O–H groups in total. The Kier molecular flexibility index (Phi) is 5.44. The Morgan fingerprint density at radius 3 is 2.62 bits per heavy atom. The zero-order chi connectivity index (χ0) is 20.4. The second kappa shape index (κ2) is 8.02. The molecule has 1 amide bonds. The second-order valence-corrected chi connectivity index (χ2v) is 8.66. The maximum Gasteiger partial charge on any atom is 0.254 e. The molecule has 2 heterocycles. The minimum Gasteiger partial charge on any atom is -0.454 e. The molecule has 2 aromatic carbocycles. The van der Waals surface area contributed by atoms with Crippen molar-refractivity contribution in [1.82, 2.24) is 9.62 Å². The summed E-state index contributed by atoms with van der Waals surface area (Å²) in [6, 6.07) is 9.87. The van der Waals surface area contributed by atoms with Crippen molar-refractivity contribution in [3.8, 4) is 11.5 Å². The van der Waals surface area contributed by atoms with Crippen LogP contribution in [0, 0.1) is 6.92 Å². The molecule has 29 heavy (non-hydrogen) atoms. The Labute approximate surface area is 169 Å². The third-order valence-electron chi connectivity index (χ3n) is 4.95. The van der Waals surface area contributed by atoms with Crippen molar-refractivity contribution in [3.05, 3.63) is 53.1 Å². The molecule has 0 radical (unpaired) electrons. The van der Waals surface area contributed by atoms with Crippen LogP contribution in [0.15, 0.2) is 41.3 Å². The number of fused-ring (bicyclic) bond motifs is 1. The molecule has 2 aliphatic heterocycles. The zero-order valence-corrected chi connectivity index (χ0v) is 16.8. The standard InChI is InChI=1S/C20H22N2O6S/c1-14-2-4-16(11-17(14)20(23)22-6-8-26-9-7-22)29(24,25)21-12-15-3-5-18-19(10-15)28-13-27-18/h2-5,10-11,21H,6-9,12-13H2,1H3. The van der Waals surface area contributed by atoms with Gasteiger partial charge in [0.25, 0.3) is 5.91 Å². The van der Waals surface area contributed by atoms with E-state index in [1.165, 1.54) is 12.1 Å². The number of hydrogen-bond donors (Lipinski definition) is 1. The van der Waals surface area contributed by atoms with Crippen LogP contribution in [0.3, 0.4) is 0 Å². The highest BCUT2D eigenvalue weighted by Crippen LogP contribution is 2.32. The highest BCUT2D eigenvalue weighted by Gasteiger charge is 2.23. The summed E-state index contributed by atoms with van der Waals surface area (Å²) in [6.07, 6.45) is 0. The molecule has 1 saturated heterocycles. The van der Waals surface area contributed by atoms with E-state index in [1.807, 2.05) is 0 Å². The molecule has 2 aliphatic rings. The first kappa shape index (κ1) is 19.7. The van der Waals surface area contributed by atoms with Crippen LogP contribution in [0.2, 0.25) is 0 Å². The normalized spacial score (nSPS) is 16.1. The number of morpholine rings is 1. The summed E-state index contributed by atoms with van der Waals surface area (Å²) in [6.45, 7) is 4.02. The maximum absolute atomic E-state index is 12.8. The van der Waals surface area contributed by atoms with E-state index < -0.39 is 10.0 Å². The Morgan fingerprint density at radius 2 is 1.83 bits per heavy atom. The number of carbonyl (C=O) groups is 1. The summed E-state index contributed by atoms with van der Waals surface area (Å²) in [5, 5.41) is 0. The van der Waals surface area contributed by atoms with Gasteiger partial charge in [0.2, 0.25) is 16.8 Å². The van der Waals surface area contributed by atoms with Crippen LogP contribution in [0.1, 0.15) is 21.5 Å². The van der Waals surface area contributed by atoms with Gasteiger partial charge in [-0.1, -0.05) is 12.1 Å². The number of hydrogen-bond acceptors (Lipinski definition) is 6. The molecular weight excluding hydrogens is 396 g/mol. The fourth-order valence-corrected chi connectivity index (χ4v) is 4.29. The van der Waals surface area contributed by atoms with Crippen molar-refractivity contribution in [2.75, 3.05) is 33.1 Å². The van der Waals surface area contributed by atoms with Gasteiger partial charge in [0.05, 0.1) is 18.1 Å². The van der Waals surface area contributed by atoms with E-state index in [9.17, 15) is 13.2 Å². The summed E-state index contributed by atoms with van der Waals surface area (Å²) >= 11 is 0. The molecule has 0 aromatic heterocycles. The molecule has 0 bridgehead atoms. The molecule has 0 atom stereocenters. The molecule has 2 aromatic rings. The minimum absolute atomic E-state index is 0.0560. The number of sulfonamides is 1. The molecular formula is C20H22N2O6S. The second-order valence-electron chi connectivity index (χ2n) is 6.89. The van der Waals surface area contributed by atoms with Gasteiger partial charge in [-0.2, -0.15) is 0 Å². The number of nitrogens with zero attached hydrogens (tertiary/aromatic N) is 1. The number of amides is 1. The number of rotatable bonds is 5. The van der Waals surface area contributed by atoms with Crippen molar-refractivity contribution in [3.63, 3.8) is 0 Å². The van der Waals surface area contributed by atoms with E-state index in [4.69, 9.17) is 14.2 Å². The smallest absolute Gasteiger partial charge is 0.254 e. The summed E-state index contributed by atoms with van der Waals surface area (Å²) in [7, 11) is -3.79. The maximum atomic E-state index is 12.8. The third kappa shape index (κ3) is 4.21. The quantitative estimate of drug-likeness (QED) is 0.794. The lowest BCUT2D eigenvalue weighted by Gasteiger charge is -2.27. The fourth-order valence-electron chi connectivity index (χ4n) is 3.25. The number of carbonyl (C=O) groups excluding carboxylic acids is 1. The monoisotopic (exact) mass is 418 g/mol. The van der Waals surface area contributed by atoms with E-state index in [-0.39, 0.29) is 24.1 Å². The summed E-state index contributed by atoms with van der Waals surface area (Å²) < 4.78 is 44.0. The highest BCUT2D eigenvalue weighted by atomic mass is 32.2. The van der Waals surface area contributed by atoms with Gasteiger partial charge >= 0.3 is 0 Å². The van der Waals surface area contributed by atoms with Crippen LogP contribution >= 0.6 is 0 Å². The van der Waals surface area contributed by atoms with E-state index in [1.54, 1.807) is 36.1 Å². The number of nitrogens with one attached hydrogen (secondary N) is 1. The van der Waals surface area contributed by atoms with Crippen LogP contribution in [-0.4, -0.2) is 52.3 Å². The van der Waals surface area contributed by atoms with E-state index >= 15 is 0 Å². The molecule has 9 heteroatoms. The van der Waals surface area contributed by atoms with Crippen molar-refractivity contribution < 1.29 is 27.4 Å². The Bertz CT molecular complexity index is 1030. The average Bonchev–Trinajstić information content (AvgIpc) is 3.20. The molecule has 0 aliphatic carbocycles. The predicted octanol–water partition coefficient (Wildman–Crippen LogP) is 1.67. The van der Waals surface area contributed by atoms with E-state index in [2.05, 4.69) is 4.72 Å². The first-order valence-electron chi connectivity index (χ1n) is 9.30. The van der Waals surface area contributed by atoms with Crippen LogP contribution < -0.4 is 14.2 Å². The fraction of sp³-hybridized carbons (Fsp3) is 0.350. The van der Waals surface area contributed by atoms with Gasteiger partial charge in [-0.3, -0.25) is 4.79 Å². The molecule has 1 fully saturated rings. The Balaban J connectivity index is 1.51. The van der Waals surface area contributed by atoms with Gasteiger partial charge in [0, 0.05) is 25.2 Å². The Morgan fingerprint density at radius 1 is 1.07 bits per heavy atom. The van der Waals surface area contributed by atoms with E-state index in [0.717, 1.165) is 11.1 Å². The summed E-state index contributed by atoms with van der Waals surface area (Å²) in [4.78, 5) is 14.6. The van der Waals surface area contributed by atoms with Crippen molar-refractivity contribution >= 4 is 15.9 Å². The number of aryl methyl sites for hydroxylation is 1. The number of ether oxygens (including phenoxy) is 3. The third-order valence-corrected chi connectivity index (χ3v) is 6.35. The van der Waals surface area contributed by atoms with Crippen LogP contribution in [0.25, 0.3) is 0 Å². The van der Waals surface area contributed by atoms with Crippen molar-refractivity contribution in [2.24, 2.45) is 0 Å². The topological polar surface area (TPSA) is 94.2 Å². The van der Waals surface area contributed by atoms with Crippen molar-refractivity contribution in [2.45, 2.75) is 18.4 Å². The summed E-state index contributed by atoms with van der Waals surface area (Å²) in [5.74, 6) is 1.05.